The van der Waals surface area contributed by atoms with Crippen LogP contribution >= 0.6 is 23.2 Å². The minimum atomic E-state index is -0.583. The van der Waals surface area contributed by atoms with Crippen molar-refractivity contribution in [1.29, 1.82) is 0 Å². The summed E-state index contributed by atoms with van der Waals surface area (Å²) in [6.45, 7) is 5.15. The Morgan fingerprint density at radius 3 is 2.48 bits per heavy atom. The zero-order chi connectivity index (χ0) is 22.6. The largest absolute Gasteiger partial charge is 0.494 e. The maximum absolute atomic E-state index is 13.0. The third kappa shape index (κ3) is 8.80. The number of nitrogens with one attached hydrogen (secondary N) is 1. The van der Waals surface area contributed by atoms with Crippen LogP contribution in [0.2, 0.25) is 10.0 Å². The van der Waals surface area contributed by atoms with Crippen LogP contribution in [0.3, 0.4) is 0 Å². The van der Waals surface area contributed by atoms with Gasteiger partial charge in [0.15, 0.2) is 0 Å². The molecule has 0 saturated carbocycles. The monoisotopic (exact) mass is 464 g/mol. The second kappa shape index (κ2) is 13.2. The summed E-state index contributed by atoms with van der Waals surface area (Å²) in [5.74, 6) is 0.454. The summed E-state index contributed by atoms with van der Waals surface area (Å²) in [7, 11) is 0. The summed E-state index contributed by atoms with van der Waals surface area (Å²) in [5.41, 5.74) is 0.881. The molecule has 1 atom stereocenters. The number of carbonyl (C=O) groups is 2. The van der Waals surface area contributed by atoms with Crippen LogP contribution in [0, 0.1) is 0 Å². The van der Waals surface area contributed by atoms with Crippen LogP contribution in [0.5, 0.6) is 5.75 Å². The van der Waals surface area contributed by atoms with Gasteiger partial charge in [0.05, 0.1) is 6.61 Å². The van der Waals surface area contributed by atoms with Crippen molar-refractivity contribution in [3.8, 4) is 5.75 Å². The van der Waals surface area contributed by atoms with Crippen LogP contribution in [-0.2, 0) is 16.1 Å². The Hall–Kier alpha value is -2.24. The van der Waals surface area contributed by atoms with Gasteiger partial charge in [-0.1, -0.05) is 48.7 Å². The summed E-state index contributed by atoms with van der Waals surface area (Å²) in [6, 6.07) is 13.8. The molecule has 0 spiro atoms. The summed E-state index contributed by atoms with van der Waals surface area (Å²) in [5, 5.41) is 4.16. The summed E-state index contributed by atoms with van der Waals surface area (Å²) < 4.78 is 5.67. The standard InChI is InChI=1S/C24H30Cl2N2O3/c1-3-4-14-27-24(30)18(2)28(17-19-7-5-8-21(26)16-19)23(29)9-6-15-31-22-12-10-20(25)11-13-22/h5,7-8,10-13,16,18H,3-4,6,9,14-15,17H2,1-2H3,(H,27,30)/t18-/m0/s1. The fraction of sp³-hybridized carbons (Fsp3) is 0.417. The Labute approximate surface area is 194 Å². The molecule has 2 rings (SSSR count). The van der Waals surface area contributed by atoms with E-state index in [1.54, 1.807) is 42.2 Å². The molecule has 1 N–H and O–H groups in total. The van der Waals surface area contributed by atoms with E-state index in [2.05, 4.69) is 12.2 Å². The molecule has 0 saturated heterocycles. The van der Waals surface area contributed by atoms with E-state index < -0.39 is 6.04 Å². The highest BCUT2D eigenvalue weighted by molar-refractivity contribution is 6.30. The Morgan fingerprint density at radius 1 is 1.06 bits per heavy atom. The number of rotatable bonds is 12. The Morgan fingerprint density at radius 2 is 1.81 bits per heavy atom. The molecule has 5 nitrogen and oxygen atoms in total. The van der Waals surface area contributed by atoms with Crippen molar-refractivity contribution in [3.63, 3.8) is 0 Å². The molecule has 0 radical (unpaired) electrons. The Balaban J connectivity index is 1.97. The van der Waals surface area contributed by atoms with Crippen LogP contribution < -0.4 is 10.1 Å². The lowest BCUT2D eigenvalue weighted by molar-refractivity contribution is -0.140. The lowest BCUT2D eigenvalue weighted by atomic mass is 10.1. The number of unbranched alkanes of at least 4 members (excludes halogenated alkanes) is 1. The highest BCUT2D eigenvalue weighted by Crippen LogP contribution is 2.17. The van der Waals surface area contributed by atoms with Crippen molar-refractivity contribution in [2.24, 2.45) is 0 Å². The van der Waals surface area contributed by atoms with E-state index >= 15 is 0 Å². The second-order valence-corrected chi connectivity index (χ2v) is 8.25. The highest BCUT2D eigenvalue weighted by Gasteiger charge is 2.25. The van der Waals surface area contributed by atoms with Crippen molar-refractivity contribution in [2.75, 3.05) is 13.2 Å². The maximum Gasteiger partial charge on any atom is 0.242 e. The molecule has 0 heterocycles. The number of benzene rings is 2. The van der Waals surface area contributed by atoms with Gasteiger partial charge < -0.3 is 15.0 Å². The molecule has 2 amide bonds. The first-order valence-corrected chi connectivity index (χ1v) is 11.4. The predicted octanol–water partition coefficient (Wildman–Crippen LogP) is 5.49. The second-order valence-electron chi connectivity index (χ2n) is 7.38. The number of hydrogen-bond acceptors (Lipinski definition) is 3. The molecule has 0 unspecified atom stereocenters. The van der Waals surface area contributed by atoms with Gasteiger partial charge in [-0.25, -0.2) is 0 Å². The molecule has 2 aromatic carbocycles. The maximum atomic E-state index is 13.0. The van der Waals surface area contributed by atoms with Crippen LogP contribution in [-0.4, -0.2) is 35.9 Å². The van der Waals surface area contributed by atoms with Crippen molar-refractivity contribution >= 4 is 35.0 Å². The average Bonchev–Trinajstić information content (AvgIpc) is 2.76. The SMILES string of the molecule is CCCCNC(=O)[C@H](C)N(Cc1cccc(Cl)c1)C(=O)CCCOc1ccc(Cl)cc1. The van der Waals surface area contributed by atoms with Crippen LogP contribution in [0.1, 0.15) is 45.1 Å². The van der Waals surface area contributed by atoms with Gasteiger partial charge >= 0.3 is 0 Å². The molecular formula is C24H30Cl2N2O3. The number of carbonyl (C=O) groups excluding carboxylic acids is 2. The number of halogens is 2. The van der Waals surface area contributed by atoms with E-state index in [0.29, 0.717) is 41.9 Å². The lowest BCUT2D eigenvalue weighted by Gasteiger charge is -2.29. The molecule has 0 bridgehead atoms. The third-order valence-electron chi connectivity index (χ3n) is 4.86. The minimum Gasteiger partial charge on any atom is -0.494 e. The topological polar surface area (TPSA) is 58.6 Å². The normalized spacial score (nSPS) is 11.6. The molecule has 2 aromatic rings. The highest BCUT2D eigenvalue weighted by atomic mass is 35.5. The van der Waals surface area contributed by atoms with Crippen molar-refractivity contribution in [3.05, 3.63) is 64.1 Å². The summed E-state index contributed by atoms with van der Waals surface area (Å²) >= 11 is 12.0. The zero-order valence-corrected chi connectivity index (χ0v) is 19.6. The molecule has 0 aromatic heterocycles. The summed E-state index contributed by atoms with van der Waals surface area (Å²) in [6.07, 6.45) is 2.72. The van der Waals surface area contributed by atoms with Gasteiger partial charge in [0, 0.05) is 29.6 Å². The predicted molar refractivity (Wildman–Crippen MR) is 126 cm³/mol. The lowest BCUT2D eigenvalue weighted by Crippen LogP contribution is -2.47. The van der Waals surface area contributed by atoms with Gasteiger partial charge in [0.2, 0.25) is 11.8 Å². The van der Waals surface area contributed by atoms with Gasteiger partial charge in [0.1, 0.15) is 11.8 Å². The molecule has 31 heavy (non-hydrogen) atoms. The fourth-order valence-electron chi connectivity index (χ4n) is 3.04. The van der Waals surface area contributed by atoms with E-state index in [-0.39, 0.29) is 18.2 Å². The van der Waals surface area contributed by atoms with E-state index in [1.807, 2.05) is 18.2 Å². The van der Waals surface area contributed by atoms with E-state index in [9.17, 15) is 9.59 Å². The van der Waals surface area contributed by atoms with Crippen molar-refractivity contribution < 1.29 is 14.3 Å². The molecule has 168 valence electrons. The van der Waals surface area contributed by atoms with Crippen LogP contribution in [0.15, 0.2) is 48.5 Å². The number of nitrogens with zero attached hydrogens (tertiary/aromatic N) is 1. The molecular weight excluding hydrogens is 435 g/mol. The fourth-order valence-corrected chi connectivity index (χ4v) is 3.38. The van der Waals surface area contributed by atoms with E-state index in [4.69, 9.17) is 27.9 Å². The number of hydrogen-bond donors (Lipinski definition) is 1. The smallest absolute Gasteiger partial charge is 0.242 e. The molecule has 0 aliphatic carbocycles. The van der Waals surface area contributed by atoms with E-state index in [1.165, 1.54) is 0 Å². The Kier molecular flexibility index (Phi) is 10.7. The van der Waals surface area contributed by atoms with Gasteiger partial charge in [-0.2, -0.15) is 0 Å². The Bertz CT molecular complexity index is 843. The average molecular weight is 465 g/mol. The number of ether oxygens (including phenoxy) is 1. The van der Waals surface area contributed by atoms with Crippen molar-refractivity contribution in [1.82, 2.24) is 10.2 Å². The van der Waals surface area contributed by atoms with Gasteiger partial charge in [-0.15, -0.1) is 0 Å². The van der Waals surface area contributed by atoms with Crippen molar-refractivity contribution in [2.45, 2.75) is 52.1 Å². The summed E-state index contributed by atoms with van der Waals surface area (Å²) in [4.78, 5) is 27.2. The molecule has 0 aliphatic rings. The van der Waals surface area contributed by atoms with Gasteiger partial charge in [-0.05, 0) is 61.7 Å². The van der Waals surface area contributed by atoms with Gasteiger partial charge in [0.25, 0.3) is 0 Å². The first-order chi connectivity index (χ1) is 14.9. The van der Waals surface area contributed by atoms with Crippen LogP contribution in [0.25, 0.3) is 0 Å². The first-order valence-electron chi connectivity index (χ1n) is 10.6. The van der Waals surface area contributed by atoms with Crippen LogP contribution in [0.4, 0.5) is 0 Å². The van der Waals surface area contributed by atoms with E-state index in [0.717, 1.165) is 18.4 Å². The minimum absolute atomic E-state index is 0.0992. The zero-order valence-electron chi connectivity index (χ0n) is 18.1. The first kappa shape index (κ1) is 25.0. The molecule has 0 fully saturated rings. The molecule has 0 aliphatic heterocycles. The number of amides is 2. The molecule has 7 heteroatoms. The quantitative estimate of drug-likeness (QED) is 0.422. The van der Waals surface area contributed by atoms with Gasteiger partial charge in [-0.3, -0.25) is 9.59 Å². The third-order valence-corrected chi connectivity index (χ3v) is 5.34.